The number of ether oxygens (including phenoxy) is 2. The van der Waals surface area contributed by atoms with Gasteiger partial charge in [-0.3, -0.25) is 0 Å². The van der Waals surface area contributed by atoms with Crippen molar-refractivity contribution >= 4 is 5.97 Å². The Morgan fingerprint density at radius 3 is 2.90 bits per heavy atom. The van der Waals surface area contributed by atoms with Crippen molar-refractivity contribution in [1.82, 2.24) is 5.32 Å². The van der Waals surface area contributed by atoms with E-state index in [0.717, 1.165) is 12.0 Å². The van der Waals surface area contributed by atoms with E-state index in [2.05, 4.69) is 16.6 Å². The minimum Gasteiger partial charge on any atom is -0.465 e. The summed E-state index contributed by atoms with van der Waals surface area (Å²) in [6, 6.07) is 4.46. The summed E-state index contributed by atoms with van der Waals surface area (Å²) in [4.78, 5) is 11.2. The van der Waals surface area contributed by atoms with Crippen LogP contribution in [0.2, 0.25) is 0 Å². The molecule has 0 bridgehead atoms. The number of hydrogen-bond donors (Lipinski definition) is 1. The highest BCUT2D eigenvalue weighted by Crippen LogP contribution is 2.11. The summed E-state index contributed by atoms with van der Waals surface area (Å²) in [6.45, 7) is 6.05. The Hall–Kier alpha value is -1.72. The molecule has 0 atom stereocenters. The molecule has 0 saturated carbocycles. The zero-order valence-corrected chi connectivity index (χ0v) is 11.7. The van der Waals surface area contributed by atoms with Crippen LogP contribution in [0.3, 0.4) is 0 Å². The molecular formula is C15H20FNO3. The molecule has 0 unspecified atom stereocenters. The lowest BCUT2D eigenvalue weighted by molar-refractivity contribution is 0.0595. The Morgan fingerprint density at radius 1 is 1.45 bits per heavy atom. The summed E-state index contributed by atoms with van der Waals surface area (Å²) >= 11 is 0. The van der Waals surface area contributed by atoms with E-state index < -0.39 is 11.8 Å². The van der Waals surface area contributed by atoms with Gasteiger partial charge in [0.15, 0.2) is 0 Å². The van der Waals surface area contributed by atoms with Crippen molar-refractivity contribution in [3.63, 3.8) is 0 Å². The molecule has 0 heterocycles. The average Bonchev–Trinajstić information content (AvgIpc) is 2.45. The molecule has 1 rings (SSSR count). The largest absolute Gasteiger partial charge is 0.465 e. The first kappa shape index (κ1) is 16.3. The van der Waals surface area contributed by atoms with Gasteiger partial charge in [-0.1, -0.05) is 12.1 Å². The molecule has 0 fully saturated rings. The monoisotopic (exact) mass is 281 g/mol. The molecule has 0 amide bonds. The quantitative estimate of drug-likeness (QED) is 0.428. The Morgan fingerprint density at radius 2 is 2.25 bits per heavy atom. The van der Waals surface area contributed by atoms with Crippen LogP contribution in [-0.4, -0.2) is 32.8 Å². The van der Waals surface area contributed by atoms with Crippen molar-refractivity contribution in [2.75, 3.05) is 26.9 Å². The molecular weight excluding hydrogens is 261 g/mol. The van der Waals surface area contributed by atoms with Gasteiger partial charge in [0.05, 0.1) is 25.9 Å². The average molecular weight is 281 g/mol. The molecule has 0 saturated heterocycles. The Kier molecular flexibility index (Phi) is 7.54. The number of rotatable bonds is 9. The predicted octanol–water partition coefficient (Wildman–Crippen LogP) is 2.29. The zero-order chi connectivity index (χ0) is 14.8. The van der Waals surface area contributed by atoms with Gasteiger partial charge in [-0.15, -0.1) is 6.58 Å². The predicted molar refractivity (Wildman–Crippen MR) is 75.1 cm³/mol. The lowest BCUT2D eigenvalue weighted by Crippen LogP contribution is -2.19. The number of carbonyl (C=O) groups excluding carboxylic acids is 1. The van der Waals surface area contributed by atoms with Crippen LogP contribution in [0.1, 0.15) is 22.3 Å². The van der Waals surface area contributed by atoms with E-state index in [4.69, 9.17) is 4.74 Å². The molecule has 4 nitrogen and oxygen atoms in total. The standard InChI is InChI=1S/C15H20FNO3/c1-3-4-8-20-9-7-17-11-12-5-6-13(14(16)10-12)15(18)19-2/h3,5-6,10,17H,1,4,7-9,11H2,2H3. The van der Waals surface area contributed by atoms with Crippen LogP contribution in [0, 0.1) is 5.82 Å². The number of benzene rings is 1. The van der Waals surface area contributed by atoms with E-state index in [0.29, 0.717) is 26.3 Å². The third-order valence-electron chi connectivity index (χ3n) is 2.66. The maximum absolute atomic E-state index is 13.6. The summed E-state index contributed by atoms with van der Waals surface area (Å²) in [6.07, 6.45) is 2.64. The lowest BCUT2D eigenvalue weighted by atomic mass is 10.1. The normalized spacial score (nSPS) is 10.3. The summed E-state index contributed by atoms with van der Waals surface area (Å²) < 4.78 is 23.5. The van der Waals surface area contributed by atoms with Gasteiger partial charge in [-0.05, 0) is 24.1 Å². The van der Waals surface area contributed by atoms with Crippen LogP contribution >= 0.6 is 0 Å². The van der Waals surface area contributed by atoms with Gasteiger partial charge >= 0.3 is 5.97 Å². The fraction of sp³-hybridized carbons (Fsp3) is 0.400. The third-order valence-corrected chi connectivity index (χ3v) is 2.66. The number of hydrogen-bond acceptors (Lipinski definition) is 4. The first-order valence-electron chi connectivity index (χ1n) is 6.45. The minimum atomic E-state index is -0.669. The van der Waals surface area contributed by atoms with E-state index >= 15 is 0 Å². The molecule has 0 aromatic heterocycles. The zero-order valence-electron chi connectivity index (χ0n) is 11.7. The molecule has 20 heavy (non-hydrogen) atoms. The number of esters is 1. The maximum atomic E-state index is 13.6. The van der Waals surface area contributed by atoms with Crippen LogP contribution in [0.25, 0.3) is 0 Å². The van der Waals surface area contributed by atoms with Crippen molar-refractivity contribution in [2.24, 2.45) is 0 Å². The van der Waals surface area contributed by atoms with E-state index in [9.17, 15) is 9.18 Å². The van der Waals surface area contributed by atoms with Crippen molar-refractivity contribution < 1.29 is 18.7 Å². The van der Waals surface area contributed by atoms with Crippen molar-refractivity contribution in [3.8, 4) is 0 Å². The molecule has 1 aromatic rings. The van der Waals surface area contributed by atoms with Crippen LogP contribution in [0.5, 0.6) is 0 Å². The SMILES string of the molecule is C=CCCOCCNCc1ccc(C(=O)OC)c(F)c1. The first-order valence-corrected chi connectivity index (χ1v) is 6.45. The fourth-order valence-corrected chi connectivity index (χ4v) is 1.59. The smallest absolute Gasteiger partial charge is 0.340 e. The number of halogens is 1. The van der Waals surface area contributed by atoms with E-state index in [1.165, 1.54) is 19.2 Å². The highest BCUT2D eigenvalue weighted by atomic mass is 19.1. The molecule has 1 N–H and O–H groups in total. The number of carbonyl (C=O) groups is 1. The Labute approximate surface area is 118 Å². The maximum Gasteiger partial charge on any atom is 0.340 e. The molecule has 0 aliphatic carbocycles. The molecule has 0 aliphatic heterocycles. The lowest BCUT2D eigenvalue weighted by Gasteiger charge is -2.07. The number of nitrogens with one attached hydrogen (secondary N) is 1. The second-order valence-corrected chi connectivity index (χ2v) is 4.17. The van der Waals surface area contributed by atoms with Gasteiger partial charge in [-0.2, -0.15) is 0 Å². The Balaban J connectivity index is 2.33. The van der Waals surface area contributed by atoms with E-state index in [-0.39, 0.29) is 5.56 Å². The fourth-order valence-electron chi connectivity index (χ4n) is 1.59. The first-order chi connectivity index (χ1) is 9.69. The third kappa shape index (κ3) is 5.50. The molecule has 110 valence electrons. The summed E-state index contributed by atoms with van der Waals surface area (Å²) in [5.41, 5.74) is 0.713. The molecule has 0 aliphatic rings. The molecule has 0 radical (unpaired) electrons. The summed E-state index contributed by atoms with van der Waals surface area (Å²) in [5, 5.41) is 3.13. The van der Waals surface area contributed by atoms with E-state index in [1.807, 2.05) is 0 Å². The topological polar surface area (TPSA) is 47.6 Å². The van der Waals surface area contributed by atoms with Crippen LogP contribution in [0.15, 0.2) is 30.9 Å². The second-order valence-electron chi connectivity index (χ2n) is 4.17. The van der Waals surface area contributed by atoms with Crippen molar-refractivity contribution in [1.29, 1.82) is 0 Å². The van der Waals surface area contributed by atoms with Crippen LogP contribution < -0.4 is 5.32 Å². The highest BCUT2D eigenvalue weighted by molar-refractivity contribution is 5.89. The van der Waals surface area contributed by atoms with Gasteiger partial charge in [-0.25, -0.2) is 9.18 Å². The molecule has 5 heteroatoms. The molecule has 1 aromatic carbocycles. The number of methoxy groups -OCH3 is 1. The van der Waals surface area contributed by atoms with Gasteiger partial charge in [0.1, 0.15) is 5.82 Å². The summed E-state index contributed by atoms with van der Waals surface area (Å²) in [5.74, 6) is -1.24. The second kappa shape index (κ2) is 9.23. The van der Waals surface area contributed by atoms with Crippen LogP contribution in [0.4, 0.5) is 4.39 Å². The van der Waals surface area contributed by atoms with Gasteiger partial charge in [0.2, 0.25) is 0 Å². The van der Waals surface area contributed by atoms with Crippen molar-refractivity contribution in [2.45, 2.75) is 13.0 Å². The van der Waals surface area contributed by atoms with Crippen LogP contribution in [-0.2, 0) is 16.0 Å². The summed E-state index contributed by atoms with van der Waals surface area (Å²) in [7, 11) is 1.23. The highest BCUT2D eigenvalue weighted by Gasteiger charge is 2.11. The van der Waals surface area contributed by atoms with Crippen molar-refractivity contribution in [3.05, 3.63) is 47.8 Å². The Bertz CT molecular complexity index is 449. The van der Waals surface area contributed by atoms with Gasteiger partial charge in [0, 0.05) is 13.1 Å². The molecule has 0 spiro atoms. The van der Waals surface area contributed by atoms with Gasteiger partial charge < -0.3 is 14.8 Å². The van der Waals surface area contributed by atoms with Gasteiger partial charge in [0.25, 0.3) is 0 Å². The minimum absolute atomic E-state index is 0.0518. The van der Waals surface area contributed by atoms with E-state index in [1.54, 1.807) is 12.1 Å².